The summed E-state index contributed by atoms with van der Waals surface area (Å²) in [7, 11) is 0. The maximum Gasteiger partial charge on any atom is 0.124 e. The summed E-state index contributed by atoms with van der Waals surface area (Å²) in [6.45, 7) is 11.8. The summed E-state index contributed by atoms with van der Waals surface area (Å²) in [6.07, 6.45) is 4.02. The van der Waals surface area contributed by atoms with Crippen molar-refractivity contribution in [1.82, 2.24) is 5.32 Å². The summed E-state index contributed by atoms with van der Waals surface area (Å²) in [6, 6.07) is 8.17. The van der Waals surface area contributed by atoms with Crippen molar-refractivity contribution in [1.29, 1.82) is 0 Å². The number of nitrogens with one attached hydrogen (secondary N) is 1. The van der Waals surface area contributed by atoms with Crippen LogP contribution in [0.15, 0.2) is 36.9 Å². The Morgan fingerprint density at radius 2 is 1.94 bits per heavy atom. The lowest BCUT2D eigenvalue weighted by atomic mass is 9.95. The van der Waals surface area contributed by atoms with Crippen LogP contribution in [0.25, 0.3) is 0 Å². The molecule has 0 aliphatic carbocycles. The number of para-hydroxylation sites is 1. The maximum absolute atomic E-state index is 5.66. The first-order valence-electron chi connectivity index (χ1n) is 6.72. The van der Waals surface area contributed by atoms with E-state index in [-0.39, 0.29) is 5.54 Å². The molecule has 100 valence electrons. The molecule has 1 aromatic carbocycles. The molecule has 0 spiro atoms. The fraction of sp³-hybridized carbons (Fsp3) is 0.500. The fourth-order valence-corrected chi connectivity index (χ4v) is 1.75. The Kier molecular flexibility index (Phi) is 5.93. The highest BCUT2D eigenvalue weighted by molar-refractivity contribution is 5.33. The predicted octanol–water partition coefficient (Wildman–Crippen LogP) is 3.92. The van der Waals surface area contributed by atoms with Crippen LogP contribution in [0.4, 0.5) is 0 Å². The molecule has 0 fully saturated rings. The Labute approximate surface area is 111 Å². The first-order valence-corrected chi connectivity index (χ1v) is 6.72. The molecule has 1 aromatic rings. The van der Waals surface area contributed by atoms with Gasteiger partial charge >= 0.3 is 0 Å². The van der Waals surface area contributed by atoms with Gasteiger partial charge in [0.2, 0.25) is 0 Å². The molecule has 1 N–H and O–H groups in total. The number of benzene rings is 1. The third-order valence-corrected chi connectivity index (χ3v) is 3.60. The van der Waals surface area contributed by atoms with Gasteiger partial charge in [0.25, 0.3) is 0 Å². The van der Waals surface area contributed by atoms with E-state index in [1.165, 1.54) is 5.56 Å². The second-order valence-corrected chi connectivity index (χ2v) is 4.83. The van der Waals surface area contributed by atoms with E-state index in [1.807, 2.05) is 18.2 Å². The molecule has 0 atom stereocenters. The van der Waals surface area contributed by atoms with Crippen LogP contribution in [-0.2, 0) is 6.54 Å². The van der Waals surface area contributed by atoms with Crippen LogP contribution in [0.1, 0.15) is 39.2 Å². The molecular formula is C16H25NO. The van der Waals surface area contributed by atoms with Crippen molar-refractivity contribution in [2.24, 2.45) is 0 Å². The highest BCUT2D eigenvalue weighted by Crippen LogP contribution is 2.20. The molecule has 1 rings (SSSR count). The Morgan fingerprint density at radius 3 is 2.56 bits per heavy atom. The highest BCUT2D eigenvalue weighted by Gasteiger charge is 2.18. The van der Waals surface area contributed by atoms with Gasteiger partial charge in [-0.05, 0) is 25.8 Å². The minimum absolute atomic E-state index is 0.200. The zero-order valence-corrected chi connectivity index (χ0v) is 11.8. The number of ether oxygens (including phenoxy) is 1. The van der Waals surface area contributed by atoms with Gasteiger partial charge in [-0.25, -0.2) is 0 Å². The third kappa shape index (κ3) is 4.19. The van der Waals surface area contributed by atoms with Gasteiger partial charge in [-0.1, -0.05) is 44.7 Å². The van der Waals surface area contributed by atoms with E-state index in [2.05, 4.69) is 38.7 Å². The summed E-state index contributed by atoms with van der Waals surface area (Å²) in [5, 5.41) is 3.62. The van der Waals surface area contributed by atoms with E-state index in [9.17, 15) is 0 Å². The van der Waals surface area contributed by atoms with Gasteiger partial charge in [0, 0.05) is 17.6 Å². The second-order valence-electron chi connectivity index (χ2n) is 4.83. The molecule has 0 radical (unpaired) electrons. The van der Waals surface area contributed by atoms with Crippen LogP contribution < -0.4 is 10.1 Å². The molecule has 0 saturated carbocycles. The van der Waals surface area contributed by atoms with E-state index < -0.39 is 0 Å². The minimum Gasteiger partial charge on any atom is -0.489 e. The summed E-state index contributed by atoms with van der Waals surface area (Å²) in [5.74, 6) is 0.944. The molecule has 0 aliphatic heterocycles. The van der Waals surface area contributed by atoms with Crippen molar-refractivity contribution >= 4 is 0 Å². The summed E-state index contributed by atoms with van der Waals surface area (Å²) >= 11 is 0. The van der Waals surface area contributed by atoms with Gasteiger partial charge in [0.05, 0.1) is 0 Å². The first kappa shape index (κ1) is 14.8. The van der Waals surface area contributed by atoms with Crippen LogP contribution in [0, 0.1) is 0 Å². The summed E-state index contributed by atoms with van der Waals surface area (Å²) in [4.78, 5) is 0. The molecule has 0 aromatic heterocycles. The van der Waals surface area contributed by atoms with Gasteiger partial charge in [-0.15, -0.1) is 0 Å². The van der Waals surface area contributed by atoms with Crippen molar-refractivity contribution in [3.05, 3.63) is 42.5 Å². The monoisotopic (exact) mass is 247 g/mol. The van der Waals surface area contributed by atoms with Crippen molar-refractivity contribution in [2.45, 2.75) is 45.7 Å². The Morgan fingerprint density at radius 1 is 1.28 bits per heavy atom. The lowest BCUT2D eigenvalue weighted by molar-refractivity contribution is 0.320. The Bertz CT molecular complexity index is 369. The van der Waals surface area contributed by atoms with Gasteiger partial charge < -0.3 is 10.1 Å². The number of hydrogen-bond acceptors (Lipinski definition) is 2. The third-order valence-electron chi connectivity index (χ3n) is 3.60. The smallest absolute Gasteiger partial charge is 0.124 e. The molecule has 2 nitrogen and oxygen atoms in total. The zero-order valence-electron chi connectivity index (χ0n) is 11.8. The lowest BCUT2D eigenvalue weighted by Gasteiger charge is -2.28. The van der Waals surface area contributed by atoms with Gasteiger partial charge in [-0.2, -0.15) is 0 Å². The molecule has 0 amide bonds. The van der Waals surface area contributed by atoms with Crippen molar-refractivity contribution in [3.63, 3.8) is 0 Å². The van der Waals surface area contributed by atoms with Gasteiger partial charge in [-0.3, -0.25) is 0 Å². The lowest BCUT2D eigenvalue weighted by Crippen LogP contribution is -2.40. The topological polar surface area (TPSA) is 21.3 Å². The predicted molar refractivity (Wildman–Crippen MR) is 78.0 cm³/mol. The van der Waals surface area contributed by atoms with Crippen LogP contribution >= 0.6 is 0 Å². The zero-order chi connectivity index (χ0) is 13.4. The molecule has 2 heteroatoms. The number of rotatable bonds is 8. The molecule has 0 unspecified atom stereocenters. The van der Waals surface area contributed by atoms with Gasteiger partial charge in [0.15, 0.2) is 0 Å². The Hall–Kier alpha value is -1.28. The molecular weight excluding hydrogens is 222 g/mol. The SMILES string of the molecule is C=CCOc1ccccc1CNC(C)(CC)CC. The standard InChI is InChI=1S/C16H25NO/c1-5-12-18-15-11-9-8-10-14(15)13-17-16(4,6-2)7-3/h5,8-11,17H,1,6-7,12-13H2,2-4H3. The highest BCUT2D eigenvalue weighted by atomic mass is 16.5. The molecule has 0 bridgehead atoms. The van der Waals surface area contributed by atoms with Crippen LogP contribution in [0.5, 0.6) is 5.75 Å². The molecule has 0 aliphatic rings. The quantitative estimate of drug-likeness (QED) is 0.703. The van der Waals surface area contributed by atoms with E-state index in [4.69, 9.17) is 4.74 Å². The molecule has 0 saturated heterocycles. The number of hydrogen-bond donors (Lipinski definition) is 1. The second kappa shape index (κ2) is 7.22. The van der Waals surface area contributed by atoms with E-state index in [0.29, 0.717) is 6.61 Å². The fourth-order valence-electron chi connectivity index (χ4n) is 1.75. The first-order chi connectivity index (χ1) is 8.65. The van der Waals surface area contributed by atoms with E-state index in [0.717, 1.165) is 25.1 Å². The van der Waals surface area contributed by atoms with E-state index >= 15 is 0 Å². The van der Waals surface area contributed by atoms with Crippen molar-refractivity contribution < 1.29 is 4.74 Å². The summed E-state index contributed by atoms with van der Waals surface area (Å²) < 4.78 is 5.66. The minimum atomic E-state index is 0.200. The van der Waals surface area contributed by atoms with Crippen LogP contribution in [-0.4, -0.2) is 12.1 Å². The molecule has 0 heterocycles. The average Bonchev–Trinajstić information content (AvgIpc) is 2.43. The summed E-state index contributed by atoms with van der Waals surface area (Å²) in [5.41, 5.74) is 1.40. The normalized spacial score (nSPS) is 11.3. The van der Waals surface area contributed by atoms with Crippen molar-refractivity contribution in [3.8, 4) is 5.75 Å². The van der Waals surface area contributed by atoms with Crippen molar-refractivity contribution in [2.75, 3.05) is 6.61 Å². The van der Waals surface area contributed by atoms with Crippen LogP contribution in [0.2, 0.25) is 0 Å². The van der Waals surface area contributed by atoms with E-state index in [1.54, 1.807) is 6.08 Å². The molecule has 18 heavy (non-hydrogen) atoms. The Balaban J connectivity index is 2.68. The van der Waals surface area contributed by atoms with Crippen LogP contribution in [0.3, 0.4) is 0 Å². The average molecular weight is 247 g/mol. The maximum atomic E-state index is 5.66. The van der Waals surface area contributed by atoms with Gasteiger partial charge in [0.1, 0.15) is 12.4 Å². The largest absolute Gasteiger partial charge is 0.489 e.